The van der Waals surface area contributed by atoms with Gasteiger partial charge >= 0.3 is 12.1 Å². The fourth-order valence-electron chi connectivity index (χ4n) is 2.65. The van der Waals surface area contributed by atoms with Crippen LogP contribution in [0.4, 0.5) is 33.3 Å². The van der Waals surface area contributed by atoms with E-state index in [2.05, 4.69) is 15.4 Å². The van der Waals surface area contributed by atoms with Gasteiger partial charge in [0.25, 0.3) is 11.6 Å². The summed E-state index contributed by atoms with van der Waals surface area (Å²) < 4.78 is 71.6. The Balaban J connectivity index is 2.03. The van der Waals surface area contributed by atoms with Gasteiger partial charge in [-0.3, -0.25) is 14.9 Å². The summed E-state index contributed by atoms with van der Waals surface area (Å²) in [4.78, 5) is 26.5. The van der Waals surface area contributed by atoms with Crippen molar-refractivity contribution in [2.45, 2.75) is 19.0 Å². The van der Waals surface area contributed by atoms with E-state index in [4.69, 9.17) is 4.74 Å². The SMILES string of the molecule is COc1cc(NC(=O)c2cc3nc(C)cc(C(F)(F)C(F)(F)F)n3n2)cc([N+](=O)[O-])c1. The van der Waals surface area contributed by atoms with Crippen molar-refractivity contribution in [3.05, 3.63) is 57.5 Å². The largest absolute Gasteiger partial charge is 0.496 e. The Labute approximate surface area is 169 Å². The fourth-order valence-corrected chi connectivity index (χ4v) is 2.65. The molecule has 0 aliphatic heterocycles. The first-order valence-corrected chi connectivity index (χ1v) is 8.30. The number of nitro groups is 1. The van der Waals surface area contributed by atoms with Crippen molar-refractivity contribution in [1.82, 2.24) is 14.6 Å². The molecule has 0 saturated carbocycles. The Morgan fingerprint density at radius 3 is 2.42 bits per heavy atom. The average Bonchev–Trinajstić information content (AvgIpc) is 3.09. The number of rotatable bonds is 5. The number of ether oxygens (including phenoxy) is 1. The van der Waals surface area contributed by atoms with Crippen molar-refractivity contribution < 1.29 is 36.4 Å². The van der Waals surface area contributed by atoms with E-state index in [9.17, 15) is 36.9 Å². The number of alkyl halides is 5. The van der Waals surface area contributed by atoms with Crippen LogP contribution >= 0.6 is 0 Å². The van der Waals surface area contributed by atoms with Crippen molar-refractivity contribution in [3.63, 3.8) is 0 Å². The maximum Gasteiger partial charge on any atom is 0.459 e. The zero-order chi connectivity index (χ0) is 23.1. The molecule has 0 unspecified atom stereocenters. The Morgan fingerprint density at radius 1 is 1.16 bits per heavy atom. The van der Waals surface area contributed by atoms with Crippen LogP contribution in [-0.2, 0) is 5.92 Å². The van der Waals surface area contributed by atoms with Crippen LogP contribution in [0.2, 0.25) is 0 Å². The van der Waals surface area contributed by atoms with Crippen LogP contribution in [0.15, 0.2) is 30.3 Å². The van der Waals surface area contributed by atoms with Crippen molar-refractivity contribution in [2.75, 3.05) is 12.4 Å². The zero-order valence-electron chi connectivity index (χ0n) is 15.7. The minimum Gasteiger partial charge on any atom is -0.496 e. The monoisotopic (exact) mass is 445 g/mol. The number of non-ortho nitro benzene ring substituents is 1. The van der Waals surface area contributed by atoms with Crippen LogP contribution in [0.1, 0.15) is 21.9 Å². The van der Waals surface area contributed by atoms with Crippen molar-refractivity contribution in [2.24, 2.45) is 0 Å². The fraction of sp³-hybridized carbons (Fsp3) is 0.235. The van der Waals surface area contributed by atoms with Gasteiger partial charge in [0.2, 0.25) is 0 Å². The summed E-state index contributed by atoms with van der Waals surface area (Å²) in [6.07, 6.45) is -5.90. The summed E-state index contributed by atoms with van der Waals surface area (Å²) in [6.45, 7) is 1.21. The molecule has 14 heteroatoms. The summed E-state index contributed by atoms with van der Waals surface area (Å²) >= 11 is 0. The third kappa shape index (κ3) is 4.08. The first-order valence-electron chi connectivity index (χ1n) is 8.30. The number of aromatic nitrogens is 3. The molecule has 0 saturated heterocycles. The van der Waals surface area contributed by atoms with Crippen molar-refractivity contribution >= 4 is 22.9 Å². The van der Waals surface area contributed by atoms with Gasteiger partial charge in [-0.25, -0.2) is 9.50 Å². The number of aryl methyl sites for hydroxylation is 1. The van der Waals surface area contributed by atoms with Gasteiger partial charge in [0.1, 0.15) is 11.4 Å². The summed E-state index contributed by atoms with van der Waals surface area (Å²) in [5.41, 5.74) is -3.11. The predicted molar refractivity (Wildman–Crippen MR) is 95.3 cm³/mol. The van der Waals surface area contributed by atoms with E-state index >= 15 is 0 Å². The molecule has 0 atom stereocenters. The number of hydrogen-bond acceptors (Lipinski definition) is 6. The molecule has 0 spiro atoms. The smallest absolute Gasteiger partial charge is 0.459 e. The third-order valence-electron chi connectivity index (χ3n) is 4.06. The quantitative estimate of drug-likeness (QED) is 0.363. The number of hydrogen-bond donors (Lipinski definition) is 1. The van der Waals surface area contributed by atoms with Gasteiger partial charge in [-0.2, -0.15) is 27.1 Å². The second-order valence-electron chi connectivity index (χ2n) is 6.29. The number of amides is 1. The molecule has 9 nitrogen and oxygen atoms in total. The lowest BCUT2D eigenvalue weighted by Crippen LogP contribution is -2.36. The zero-order valence-corrected chi connectivity index (χ0v) is 15.7. The van der Waals surface area contributed by atoms with Crippen LogP contribution in [-0.4, -0.2) is 38.7 Å². The van der Waals surface area contributed by atoms with Crippen LogP contribution in [0.25, 0.3) is 5.65 Å². The molecule has 0 radical (unpaired) electrons. The Morgan fingerprint density at radius 2 is 1.84 bits per heavy atom. The molecule has 2 aromatic heterocycles. The van der Waals surface area contributed by atoms with E-state index in [0.717, 1.165) is 18.2 Å². The van der Waals surface area contributed by atoms with E-state index in [1.54, 1.807) is 0 Å². The number of nitro benzene ring substituents is 1. The molecule has 0 aliphatic carbocycles. The van der Waals surface area contributed by atoms with Gasteiger partial charge in [0.15, 0.2) is 11.3 Å². The molecule has 0 bridgehead atoms. The van der Waals surface area contributed by atoms with E-state index in [1.807, 2.05) is 0 Å². The van der Waals surface area contributed by atoms with Crippen LogP contribution in [0.3, 0.4) is 0 Å². The van der Waals surface area contributed by atoms with Gasteiger partial charge in [-0.15, -0.1) is 0 Å². The summed E-state index contributed by atoms with van der Waals surface area (Å²) in [5, 5.41) is 16.8. The van der Waals surface area contributed by atoms with E-state index in [-0.39, 0.29) is 21.6 Å². The lowest BCUT2D eigenvalue weighted by atomic mass is 10.2. The van der Waals surface area contributed by atoms with E-state index in [1.165, 1.54) is 20.1 Å². The van der Waals surface area contributed by atoms with Crippen LogP contribution in [0.5, 0.6) is 5.75 Å². The average molecular weight is 445 g/mol. The molecule has 1 amide bonds. The molecule has 2 heterocycles. The number of methoxy groups -OCH3 is 1. The minimum atomic E-state index is -5.90. The Hall–Kier alpha value is -3.84. The summed E-state index contributed by atoms with van der Waals surface area (Å²) in [7, 11) is 1.24. The van der Waals surface area contributed by atoms with Crippen LogP contribution < -0.4 is 10.1 Å². The first-order chi connectivity index (χ1) is 14.3. The van der Waals surface area contributed by atoms with Crippen molar-refractivity contribution in [1.29, 1.82) is 0 Å². The molecule has 164 valence electrons. The second kappa shape index (κ2) is 7.45. The number of fused-ring (bicyclic) bond motifs is 1. The number of nitrogens with one attached hydrogen (secondary N) is 1. The first kappa shape index (κ1) is 21.9. The van der Waals surface area contributed by atoms with Gasteiger partial charge in [-0.1, -0.05) is 0 Å². The van der Waals surface area contributed by atoms with Crippen LogP contribution in [0, 0.1) is 17.0 Å². The number of anilines is 1. The number of carbonyl (C=O) groups excluding carboxylic acids is 1. The molecular weight excluding hydrogens is 433 g/mol. The molecular formula is C17H12F5N5O4. The molecule has 3 aromatic rings. The summed E-state index contributed by atoms with van der Waals surface area (Å²) in [6, 6.07) is 4.76. The summed E-state index contributed by atoms with van der Waals surface area (Å²) in [5.74, 6) is -6.23. The molecule has 3 rings (SSSR count). The third-order valence-corrected chi connectivity index (χ3v) is 4.06. The van der Waals surface area contributed by atoms with E-state index in [0.29, 0.717) is 6.07 Å². The number of nitrogens with zero attached hydrogens (tertiary/aromatic N) is 4. The molecule has 0 fully saturated rings. The maximum absolute atomic E-state index is 13.9. The lowest BCUT2D eigenvalue weighted by Gasteiger charge is -2.20. The van der Waals surface area contributed by atoms with Crippen molar-refractivity contribution in [3.8, 4) is 5.75 Å². The topological polar surface area (TPSA) is 112 Å². The number of carbonyl (C=O) groups is 1. The maximum atomic E-state index is 13.9. The highest BCUT2D eigenvalue weighted by Gasteiger charge is 2.60. The van der Waals surface area contributed by atoms with Gasteiger partial charge in [0, 0.05) is 23.9 Å². The number of benzene rings is 1. The molecule has 1 N–H and O–H groups in total. The van der Waals surface area contributed by atoms with Gasteiger partial charge < -0.3 is 10.1 Å². The Kier molecular flexibility index (Phi) is 5.25. The highest BCUT2D eigenvalue weighted by atomic mass is 19.4. The number of halogens is 5. The van der Waals surface area contributed by atoms with Gasteiger partial charge in [0.05, 0.1) is 23.8 Å². The second-order valence-corrected chi connectivity index (χ2v) is 6.29. The van der Waals surface area contributed by atoms with Gasteiger partial charge in [-0.05, 0) is 13.0 Å². The molecule has 31 heavy (non-hydrogen) atoms. The highest BCUT2D eigenvalue weighted by Crippen LogP contribution is 2.43. The molecule has 1 aromatic carbocycles. The predicted octanol–water partition coefficient (Wildman–Crippen LogP) is 3.86. The lowest BCUT2D eigenvalue weighted by molar-refractivity contribution is -0.384. The normalized spacial score (nSPS) is 12.1. The van der Waals surface area contributed by atoms with E-state index < -0.39 is 45.7 Å². The molecule has 0 aliphatic rings. The minimum absolute atomic E-state index is 0.0453. The highest BCUT2D eigenvalue weighted by molar-refractivity contribution is 6.03. The standard InChI is InChI=1S/C17H12F5N5O4/c1-8-3-13(16(18,19)17(20,21)22)26-14(23-8)7-12(25-26)15(28)24-9-4-10(27(29)30)6-11(5-9)31-2/h3-7H,1-2H3,(H,24,28). The Bertz CT molecular complexity index is 1190.